The van der Waals surface area contributed by atoms with Crippen molar-refractivity contribution in [1.29, 1.82) is 0 Å². The van der Waals surface area contributed by atoms with Crippen LogP contribution in [0.2, 0.25) is 0 Å². The van der Waals surface area contributed by atoms with Crippen LogP contribution in [0.25, 0.3) is 0 Å². The first-order valence-corrected chi connectivity index (χ1v) is 13.6. The highest BCUT2D eigenvalue weighted by molar-refractivity contribution is 5.94. The summed E-state index contributed by atoms with van der Waals surface area (Å²) in [7, 11) is 1.88. The van der Waals surface area contributed by atoms with Gasteiger partial charge in [0.05, 0.1) is 6.04 Å². The van der Waals surface area contributed by atoms with Gasteiger partial charge in [-0.15, -0.1) is 0 Å². The lowest BCUT2D eigenvalue weighted by Gasteiger charge is -2.60. The molecular weight excluding hydrogens is 448 g/mol. The lowest BCUT2D eigenvalue weighted by molar-refractivity contribution is -0.134. The summed E-state index contributed by atoms with van der Waals surface area (Å²) >= 11 is 0. The van der Waals surface area contributed by atoms with Crippen LogP contribution in [0.15, 0.2) is 36.4 Å². The Hall–Kier alpha value is -2.97. The van der Waals surface area contributed by atoms with Gasteiger partial charge < -0.3 is 14.7 Å². The Morgan fingerprint density at radius 3 is 2.89 bits per heavy atom. The van der Waals surface area contributed by atoms with Gasteiger partial charge in [-0.2, -0.15) is 0 Å². The second-order valence-corrected chi connectivity index (χ2v) is 11.8. The van der Waals surface area contributed by atoms with E-state index in [1.165, 1.54) is 30.5 Å². The zero-order valence-corrected chi connectivity index (χ0v) is 21.2. The molecule has 186 valence electrons. The van der Waals surface area contributed by atoms with Gasteiger partial charge in [0.2, 0.25) is 0 Å². The predicted octanol–water partition coefficient (Wildman–Crippen LogP) is 4.03. The molecule has 2 heterocycles. The van der Waals surface area contributed by atoms with Crippen LogP contribution in [0, 0.1) is 30.6 Å². The molecular formula is C31H34N2O3. The topological polar surface area (TPSA) is 53.0 Å². The van der Waals surface area contributed by atoms with E-state index >= 15 is 0 Å². The Morgan fingerprint density at radius 2 is 2.08 bits per heavy atom. The molecule has 2 aromatic rings. The minimum atomic E-state index is -0.168. The molecule has 5 atom stereocenters. The molecule has 1 N–H and O–H groups in total. The number of phenols is 1. The van der Waals surface area contributed by atoms with E-state index in [4.69, 9.17) is 4.74 Å². The van der Waals surface area contributed by atoms with Crippen LogP contribution < -0.4 is 4.74 Å². The number of likely N-dealkylation sites (N-methyl/N-ethyl adjacent to an activating group) is 1. The predicted molar refractivity (Wildman–Crippen MR) is 138 cm³/mol. The molecule has 0 radical (unpaired) electrons. The van der Waals surface area contributed by atoms with Gasteiger partial charge in [0, 0.05) is 42.1 Å². The van der Waals surface area contributed by atoms with Crippen molar-refractivity contribution in [3.63, 3.8) is 0 Å². The van der Waals surface area contributed by atoms with Crippen molar-refractivity contribution in [1.82, 2.24) is 9.80 Å². The fourth-order valence-corrected chi connectivity index (χ4v) is 7.94. The molecule has 2 saturated carbocycles. The molecule has 2 aromatic carbocycles. The maximum absolute atomic E-state index is 13.3. The normalized spacial score (nSPS) is 31.6. The number of ether oxygens (including phenoxy) is 1. The Labute approximate surface area is 213 Å². The van der Waals surface area contributed by atoms with Crippen molar-refractivity contribution in [2.24, 2.45) is 11.8 Å². The summed E-state index contributed by atoms with van der Waals surface area (Å²) in [5.41, 5.74) is 4.44. The molecule has 2 aliphatic heterocycles. The SMILES string of the molecule is Cc1cccc(C#CC(=O)N(C)[C@H]2CC[C@H]3[C@H]4Cc5ccc(O)c6c5[C@@]3(CCN4CC3CC3)[C@H]2O6)c1. The summed E-state index contributed by atoms with van der Waals surface area (Å²) in [5.74, 6) is 8.07. The van der Waals surface area contributed by atoms with Crippen LogP contribution in [-0.4, -0.2) is 59.1 Å². The third kappa shape index (κ3) is 3.23. The molecule has 5 nitrogen and oxygen atoms in total. The van der Waals surface area contributed by atoms with Crippen molar-refractivity contribution in [3.8, 4) is 23.3 Å². The maximum Gasteiger partial charge on any atom is 0.298 e. The molecule has 7 rings (SSSR count). The van der Waals surface area contributed by atoms with Crippen LogP contribution in [0.3, 0.4) is 0 Å². The quantitative estimate of drug-likeness (QED) is 0.672. The van der Waals surface area contributed by atoms with E-state index in [0.29, 0.717) is 17.7 Å². The molecule has 5 aliphatic rings. The van der Waals surface area contributed by atoms with Gasteiger partial charge in [-0.1, -0.05) is 24.1 Å². The van der Waals surface area contributed by atoms with E-state index < -0.39 is 0 Å². The van der Waals surface area contributed by atoms with Gasteiger partial charge in [-0.3, -0.25) is 9.69 Å². The van der Waals surface area contributed by atoms with Crippen molar-refractivity contribution in [3.05, 3.63) is 58.7 Å². The van der Waals surface area contributed by atoms with Gasteiger partial charge in [-0.05, 0) is 93.2 Å². The number of hydrogen-bond acceptors (Lipinski definition) is 4. The van der Waals surface area contributed by atoms with Crippen LogP contribution in [0.5, 0.6) is 11.5 Å². The summed E-state index contributed by atoms with van der Waals surface area (Å²) in [6.07, 6.45) is 6.66. The first kappa shape index (κ1) is 22.2. The van der Waals surface area contributed by atoms with Crippen LogP contribution in [0.4, 0.5) is 0 Å². The van der Waals surface area contributed by atoms with Crippen LogP contribution in [-0.2, 0) is 16.6 Å². The first-order chi connectivity index (χ1) is 17.5. The number of amides is 1. The average molecular weight is 483 g/mol. The van der Waals surface area contributed by atoms with Crippen molar-refractivity contribution in [2.75, 3.05) is 20.1 Å². The lowest BCUT2D eigenvalue weighted by Crippen LogP contribution is -2.69. The monoisotopic (exact) mass is 482 g/mol. The van der Waals surface area contributed by atoms with Gasteiger partial charge in [0.25, 0.3) is 5.91 Å². The third-order valence-corrected chi connectivity index (χ3v) is 9.74. The summed E-state index contributed by atoms with van der Waals surface area (Å²) in [6.45, 7) is 4.33. The second-order valence-electron chi connectivity index (χ2n) is 11.8. The molecule has 5 heteroatoms. The number of piperidine rings is 1. The number of benzene rings is 2. The zero-order chi connectivity index (χ0) is 24.6. The van der Waals surface area contributed by atoms with Gasteiger partial charge in [0.1, 0.15) is 6.10 Å². The Balaban J connectivity index is 1.23. The Bertz CT molecular complexity index is 1300. The molecule has 0 aromatic heterocycles. The molecule has 2 bridgehead atoms. The highest BCUT2D eigenvalue weighted by Gasteiger charge is 2.66. The number of likely N-dealkylation sites (tertiary alicyclic amines) is 1. The van der Waals surface area contributed by atoms with Gasteiger partial charge >= 0.3 is 0 Å². The molecule has 1 saturated heterocycles. The summed E-state index contributed by atoms with van der Waals surface area (Å²) in [5, 5.41) is 10.8. The van der Waals surface area contributed by atoms with Crippen molar-refractivity contribution in [2.45, 2.75) is 69.1 Å². The number of aromatic hydroxyl groups is 1. The number of phenolic OH excluding ortho intramolecular Hbond substituents is 1. The van der Waals surface area contributed by atoms with E-state index in [9.17, 15) is 9.90 Å². The van der Waals surface area contributed by atoms with E-state index in [2.05, 4.69) is 22.8 Å². The second kappa shape index (κ2) is 8.02. The maximum atomic E-state index is 13.3. The van der Waals surface area contributed by atoms with Crippen molar-refractivity contribution >= 4 is 5.91 Å². The van der Waals surface area contributed by atoms with Crippen LogP contribution in [0.1, 0.15) is 54.4 Å². The first-order valence-electron chi connectivity index (χ1n) is 13.6. The largest absolute Gasteiger partial charge is 0.504 e. The van der Waals surface area contributed by atoms with E-state index in [1.807, 2.05) is 43.1 Å². The van der Waals surface area contributed by atoms with E-state index in [1.54, 1.807) is 6.07 Å². The number of nitrogens with zero attached hydrogens (tertiary/aromatic N) is 2. The molecule has 3 aliphatic carbocycles. The number of aryl methyl sites for hydroxylation is 1. The van der Waals surface area contributed by atoms with E-state index in [-0.39, 0.29) is 29.2 Å². The number of rotatable bonds is 3. The smallest absolute Gasteiger partial charge is 0.298 e. The van der Waals surface area contributed by atoms with Gasteiger partial charge in [-0.25, -0.2) is 0 Å². The summed E-state index contributed by atoms with van der Waals surface area (Å²) < 4.78 is 6.69. The summed E-state index contributed by atoms with van der Waals surface area (Å²) in [4.78, 5) is 17.9. The number of carbonyl (C=O) groups is 1. The minimum Gasteiger partial charge on any atom is -0.504 e. The molecule has 1 spiro atoms. The Kier molecular flexibility index (Phi) is 4.95. The molecule has 36 heavy (non-hydrogen) atoms. The standard InChI is InChI=1S/C31H34N2O3/c1-19-4-3-5-20(16-19)8-13-27(35)32(2)24-11-10-23-25-17-22-9-12-26(34)29-28(22)31(23,30(24)36-29)14-15-33(25)18-21-6-7-21/h3-5,9,12,16,21,23-25,30,34H,6-7,10-11,14-15,17-18H2,1-2H3/t23-,24-,25+,30-,31-/m0/s1. The zero-order valence-electron chi connectivity index (χ0n) is 21.2. The molecule has 0 unspecified atom stereocenters. The molecule has 3 fully saturated rings. The van der Waals surface area contributed by atoms with E-state index in [0.717, 1.165) is 49.3 Å². The third-order valence-electron chi connectivity index (χ3n) is 9.74. The van der Waals surface area contributed by atoms with Crippen LogP contribution >= 0.6 is 0 Å². The van der Waals surface area contributed by atoms with Crippen molar-refractivity contribution < 1.29 is 14.6 Å². The molecule has 1 amide bonds. The lowest BCUT2D eigenvalue weighted by atomic mass is 9.51. The van der Waals surface area contributed by atoms with Gasteiger partial charge in [0.15, 0.2) is 11.5 Å². The summed E-state index contributed by atoms with van der Waals surface area (Å²) in [6, 6.07) is 12.3. The Morgan fingerprint density at radius 1 is 1.22 bits per heavy atom. The average Bonchev–Trinajstić information content (AvgIpc) is 3.62. The minimum absolute atomic E-state index is 0.0612. The highest BCUT2D eigenvalue weighted by atomic mass is 16.5. The fraction of sp³-hybridized carbons (Fsp3) is 0.516. The highest BCUT2D eigenvalue weighted by Crippen LogP contribution is 2.64. The number of hydrogen-bond donors (Lipinski definition) is 1. The fourth-order valence-electron chi connectivity index (χ4n) is 7.94. The number of carbonyl (C=O) groups excluding carboxylic acids is 1.